The largest absolute Gasteiger partial charge is 0.454 e. The second-order valence-electron chi connectivity index (χ2n) is 12.0. The fraction of sp³-hybridized carbons (Fsp3) is 0. The number of hydrogen-bond donors (Lipinski definition) is 0. The van der Waals surface area contributed by atoms with Crippen molar-refractivity contribution in [1.29, 1.82) is 0 Å². The van der Waals surface area contributed by atoms with Gasteiger partial charge in [-0.2, -0.15) is 0 Å². The third kappa shape index (κ3) is 3.26. The minimum absolute atomic E-state index is 0.611. The number of rotatable bonds is 2. The van der Waals surface area contributed by atoms with Crippen molar-refractivity contribution in [2.45, 2.75) is 0 Å². The quantitative estimate of drug-likeness (QED) is 0.198. The van der Waals surface area contributed by atoms with Crippen molar-refractivity contribution in [2.75, 3.05) is 0 Å². The molecule has 0 radical (unpaired) electrons. The van der Waals surface area contributed by atoms with Crippen LogP contribution in [-0.4, -0.2) is 23.9 Å². The van der Waals surface area contributed by atoms with Crippen LogP contribution in [0, 0.1) is 0 Å². The van der Waals surface area contributed by atoms with Gasteiger partial charge in [0.2, 0.25) is 5.95 Å². The number of pyridine rings is 1. The molecule has 0 N–H and O–H groups in total. The molecule has 6 nitrogen and oxygen atoms in total. The summed E-state index contributed by atoms with van der Waals surface area (Å²) < 4.78 is 11.2. The number of furan rings is 1. The Kier molecular flexibility index (Phi) is 4.75. The van der Waals surface area contributed by atoms with E-state index in [1.54, 1.807) is 0 Å². The van der Waals surface area contributed by atoms with E-state index >= 15 is 0 Å². The van der Waals surface area contributed by atoms with E-state index < -0.39 is 0 Å². The first-order valence-electron chi connectivity index (χ1n) is 15.7. The number of hydrogen-bond acceptors (Lipinski definition) is 4. The molecule has 11 rings (SSSR count). The zero-order valence-corrected chi connectivity index (χ0v) is 24.9. The first-order chi connectivity index (χ1) is 23.3. The Bertz CT molecular complexity index is 3080. The molecule has 0 atom stereocenters. The average Bonchev–Trinajstić information content (AvgIpc) is 3.81. The summed E-state index contributed by atoms with van der Waals surface area (Å²) in [5.74, 6) is 0.611. The van der Waals surface area contributed by atoms with Gasteiger partial charge in [0.05, 0.1) is 38.7 Å². The monoisotopic (exact) mass is 601 g/mol. The summed E-state index contributed by atoms with van der Waals surface area (Å²) >= 11 is 0. The summed E-state index contributed by atoms with van der Waals surface area (Å²) in [6.07, 6.45) is 0. The van der Waals surface area contributed by atoms with Crippen LogP contribution in [0.3, 0.4) is 0 Å². The van der Waals surface area contributed by atoms with E-state index in [0.29, 0.717) is 5.95 Å². The summed E-state index contributed by atoms with van der Waals surface area (Å²) in [6.45, 7) is 0. The van der Waals surface area contributed by atoms with Crippen LogP contribution in [-0.2, 0) is 0 Å². The van der Waals surface area contributed by atoms with E-state index in [9.17, 15) is 0 Å². The SMILES string of the molecule is c1ccc(-c2nc(-n3c4ccccc4c4ccc5c6oc7ccccc7c6n6c7ccccc7nc6c5c43)nc3ccccc23)cc1. The van der Waals surface area contributed by atoms with Gasteiger partial charge in [-0.05, 0) is 42.5 Å². The lowest BCUT2D eigenvalue weighted by molar-refractivity contribution is 0.672. The number of fused-ring (bicyclic) bond motifs is 15. The van der Waals surface area contributed by atoms with Crippen LogP contribution in [0.5, 0.6) is 0 Å². The standard InChI is InChI=1S/C41H23N5O/c1-2-12-24(13-3-1)36-27-15-4-7-17-30(27)43-41(44-36)46-32-19-9-5-14-25(32)26-22-23-29-35(37(26)46)40-42-31-18-8-10-20-33(31)45(40)38-28-16-6-11-21-34(28)47-39(29)38/h1-23H. The molecule has 0 aliphatic rings. The second kappa shape index (κ2) is 9.02. The van der Waals surface area contributed by atoms with E-state index in [1.165, 1.54) is 0 Å². The number of nitrogens with zero attached hydrogens (tertiary/aromatic N) is 5. The molecule has 47 heavy (non-hydrogen) atoms. The molecule has 5 aromatic heterocycles. The van der Waals surface area contributed by atoms with E-state index in [4.69, 9.17) is 19.4 Å². The van der Waals surface area contributed by atoms with Crippen LogP contribution in [0.2, 0.25) is 0 Å². The van der Waals surface area contributed by atoms with Crippen LogP contribution >= 0.6 is 0 Å². The van der Waals surface area contributed by atoms with E-state index in [2.05, 4.69) is 112 Å². The molecule has 11 aromatic rings. The third-order valence-electron chi connectivity index (χ3n) is 9.50. The molecule has 0 saturated heterocycles. The lowest BCUT2D eigenvalue weighted by Crippen LogP contribution is -2.04. The average molecular weight is 602 g/mol. The van der Waals surface area contributed by atoms with Crippen molar-refractivity contribution in [1.82, 2.24) is 23.9 Å². The smallest absolute Gasteiger partial charge is 0.235 e. The highest BCUT2D eigenvalue weighted by Crippen LogP contribution is 2.43. The zero-order chi connectivity index (χ0) is 30.6. The third-order valence-corrected chi connectivity index (χ3v) is 9.50. The molecule has 0 amide bonds. The van der Waals surface area contributed by atoms with E-state index in [1.807, 2.05) is 36.4 Å². The first-order valence-corrected chi connectivity index (χ1v) is 15.7. The minimum atomic E-state index is 0.611. The van der Waals surface area contributed by atoms with Gasteiger partial charge in [-0.15, -0.1) is 0 Å². The van der Waals surface area contributed by atoms with Gasteiger partial charge in [-0.3, -0.25) is 8.97 Å². The minimum Gasteiger partial charge on any atom is -0.454 e. The summed E-state index contributed by atoms with van der Waals surface area (Å²) in [5, 5.41) is 6.30. The Hall–Kier alpha value is -6.53. The highest BCUT2D eigenvalue weighted by Gasteiger charge is 2.25. The highest BCUT2D eigenvalue weighted by atomic mass is 16.3. The molecule has 218 valence electrons. The Labute approximate surface area is 266 Å². The summed E-state index contributed by atoms with van der Waals surface area (Å²) in [5.41, 5.74) is 10.4. The highest BCUT2D eigenvalue weighted by molar-refractivity contribution is 6.28. The van der Waals surface area contributed by atoms with Crippen molar-refractivity contribution < 1.29 is 4.42 Å². The predicted octanol–water partition coefficient (Wildman–Crippen LogP) is 10.2. The number of para-hydroxylation sites is 5. The normalized spacial score (nSPS) is 12.3. The molecule has 0 aliphatic carbocycles. The van der Waals surface area contributed by atoms with Gasteiger partial charge < -0.3 is 4.42 Å². The Morgan fingerprint density at radius 1 is 0.468 bits per heavy atom. The molecular formula is C41H23N5O. The molecular weight excluding hydrogens is 578 g/mol. The van der Waals surface area contributed by atoms with Gasteiger partial charge >= 0.3 is 0 Å². The van der Waals surface area contributed by atoms with Gasteiger partial charge in [0.25, 0.3) is 0 Å². The van der Waals surface area contributed by atoms with Gasteiger partial charge in [0.15, 0.2) is 5.58 Å². The first kappa shape index (κ1) is 24.8. The van der Waals surface area contributed by atoms with Crippen molar-refractivity contribution in [3.8, 4) is 17.2 Å². The van der Waals surface area contributed by atoms with Gasteiger partial charge in [0.1, 0.15) is 16.7 Å². The molecule has 0 saturated carbocycles. The summed E-state index contributed by atoms with van der Waals surface area (Å²) in [4.78, 5) is 15.9. The van der Waals surface area contributed by atoms with Gasteiger partial charge in [-0.1, -0.05) is 97.1 Å². The van der Waals surface area contributed by atoms with Crippen LogP contribution in [0.25, 0.3) is 99.4 Å². The number of benzene rings is 6. The van der Waals surface area contributed by atoms with Crippen LogP contribution in [0.4, 0.5) is 0 Å². The lowest BCUT2D eigenvalue weighted by atomic mass is 10.1. The molecule has 6 heteroatoms. The van der Waals surface area contributed by atoms with Gasteiger partial charge in [0, 0.05) is 32.5 Å². The fourth-order valence-corrected chi connectivity index (χ4v) is 7.52. The number of aromatic nitrogens is 5. The fourth-order valence-electron chi connectivity index (χ4n) is 7.52. The molecule has 0 bridgehead atoms. The maximum atomic E-state index is 6.71. The van der Waals surface area contributed by atoms with E-state index in [-0.39, 0.29) is 0 Å². The molecule has 0 aliphatic heterocycles. The van der Waals surface area contributed by atoms with Crippen molar-refractivity contribution >= 4 is 82.2 Å². The topological polar surface area (TPSA) is 61.2 Å². The molecule has 6 aromatic carbocycles. The predicted molar refractivity (Wildman–Crippen MR) is 190 cm³/mol. The Morgan fingerprint density at radius 2 is 1.15 bits per heavy atom. The Morgan fingerprint density at radius 3 is 2.02 bits per heavy atom. The summed E-state index contributed by atoms with van der Waals surface area (Å²) in [7, 11) is 0. The van der Waals surface area contributed by atoms with Gasteiger partial charge in [-0.25, -0.2) is 15.0 Å². The van der Waals surface area contributed by atoms with Crippen molar-refractivity contribution in [3.63, 3.8) is 0 Å². The summed E-state index contributed by atoms with van der Waals surface area (Å²) in [6, 6.07) is 48.1. The van der Waals surface area contributed by atoms with Crippen LogP contribution < -0.4 is 0 Å². The second-order valence-corrected chi connectivity index (χ2v) is 12.0. The maximum absolute atomic E-state index is 6.71. The number of imidazole rings is 1. The molecule has 5 heterocycles. The lowest BCUT2D eigenvalue weighted by Gasteiger charge is -2.13. The van der Waals surface area contributed by atoms with Crippen LogP contribution in [0.15, 0.2) is 144 Å². The molecule has 0 fully saturated rings. The Balaban J connectivity index is 1.40. The zero-order valence-electron chi connectivity index (χ0n) is 24.9. The maximum Gasteiger partial charge on any atom is 0.235 e. The van der Waals surface area contributed by atoms with Crippen molar-refractivity contribution in [2.24, 2.45) is 0 Å². The van der Waals surface area contributed by atoms with E-state index in [0.717, 1.165) is 93.5 Å². The molecule has 0 spiro atoms. The molecule has 0 unspecified atom stereocenters. The van der Waals surface area contributed by atoms with Crippen LogP contribution in [0.1, 0.15) is 0 Å². The van der Waals surface area contributed by atoms with Crippen molar-refractivity contribution in [3.05, 3.63) is 140 Å².